The molecule has 6 heteroatoms. The molecule has 0 saturated heterocycles. The molecule has 1 amide bonds. The van der Waals surface area contributed by atoms with Crippen LogP contribution >= 0.6 is 22.9 Å². The van der Waals surface area contributed by atoms with Crippen LogP contribution in [0.1, 0.15) is 37.5 Å². The average Bonchev–Trinajstić information content (AvgIpc) is 2.87. The van der Waals surface area contributed by atoms with Crippen molar-refractivity contribution in [2.75, 3.05) is 26.7 Å². The Labute approximate surface area is 124 Å². The molecule has 0 aliphatic rings. The fourth-order valence-corrected chi connectivity index (χ4v) is 2.96. The van der Waals surface area contributed by atoms with Crippen molar-refractivity contribution in [3.63, 3.8) is 0 Å². The third-order valence-corrected chi connectivity index (χ3v) is 4.56. The van der Waals surface area contributed by atoms with E-state index in [1.165, 1.54) is 0 Å². The largest absolute Gasteiger partial charge is 0.342 e. The van der Waals surface area contributed by atoms with Crippen molar-refractivity contribution in [2.24, 2.45) is 0 Å². The number of nitrogens with zero attached hydrogens (tertiary/aromatic N) is 3. The summed E-state index contributed by atoms with van der Waals surface area (Å²) in [6.07, 6.45) is 0. The number of carbonyl (C=O) groups is 1. The molecule has 108 valence electrons. The molecule has 0 spiro atoms. The van der Waals surface area contributed by atoms with Crippen molar-refractivity contribution in [3.05, 3.63) is 16.1 Å². The molecule has 4 nitrogen and oxygen atoms in total. The topological polar surface area (TPSA) is 36.4 Å². The minimum Gasteiger partial charge on any atom is -0.342 e. The fraction of sp³-hybridized carbons (Fsp3) is 0.692. The first-order valence-electron chi connectivity index (χ1n) is 6.51. The zero-order valence-corrected chi connectivity index (χ0v) is 13.6. The Kier molecular flexibility index (Phi) is 6.75. The van der Waals surface area contributed by atoms with E-state index in [0.29, 0.717) is 12.4 Å². The van der Waals surface area contributed by atoms with E-state index < -0.39 is 0 Å². The van der Waals surface area contributed by atoms with Crippen LogP contribution < -0.4 is 0 Å². The Hall–Kier alpha value is -0.650. The number of hydrogen-bond donors (Lipinski definition) is 0. The molecule has 1 unspecified atom stereocenters. The van der Waals surface area contributed by atoms with Gasteiger partial charge in [-0.05, 0) is 27.8 Å². The summed E-state index contributed by atoms with van der Waals surface area (Å²) in [5.74, 6) is 0.596. The molecule has 1 heterocycles. The minimum atomic E-state index is 0.126. The lowest BCUT2D eigenvalue weighted by molar-refractivity contribution is -0.132. The SMILES string of the molecule is CCN(CC)C(=O)CN(C)C(C)c1nc(CCl)cs1. The van der Waals surface area contributed by atoms with E-state index in [-0.39, 0.29) is 11.9 Å². The Morgan fingerprint density at radius 2 is 2.11 bits per heavy atom. The highest BCUT2D eigenvalue weighted by Gasteiger charge is 2.19. The van der Waals surface area contributed by atoms with Crippen molar-refractivity contribution in [1.29, 1.82) is 0 Å². The van der Waals surface area contributed by atoms with Gasteiger partial charge in [0.2, 0.25) is 5.91 Å². The number of likely N-dealkylation sites (N-methyl/N-ethyl adjacent to an activating group) is 2. The molecule has 0 aromatic carbocycles. The summed E-state index contributed by atoms with van der Waals surface area (Å²) in [4.78, 5) is 20.4. The van der Waals surface area contributed by atoms with Crippen LogP contribution in [0.5, 0.6) is 0 Å². The minimum absolute atomic E-state index is 0.126. The van der Waals surface area contributed by atoms with Crippen molar-refractivity contribution >= 4 is 28.8 Å². The number of amides is 1. The van der Waals surface area contributed by atoms with Gasteiger partial charge in [-0.3, -0.25) is 9.69 Å². The van der Waals surface area contributed by atoms with Crippen molar-refractivity contribution in [2.45, 2.75) is 32.7 Å². The fourth-order valence-electron chi connectivity index (χ4n) is 1.79. The highest BCUT2D eigenvalue weighted by atomic mass is 35.5. The van der Waals surface area contributed by atoms with Gasteiger partial charge in [0.1, 0.15) is 5.01 Å². The van der Waals surface area contributed by atoms with Gasteiger partial charge in [-0.25, -0.2) is 4.98 Å². The molecular formula is C13H22ClN3OS. The maximum atomic E-state index is 12.1. The zero-order chi connectivity index (χ0) is 14.4. The molecule has 0 radical (unpaired) electrons. The second kappa shape index (κ2) is 7.82. The highest BCUT2D eigenvalue weighted by molar-refractivity contribution is 7.09. The number of alkyl halides is 1. The summed E-state index contributed by atoms with van der Waals surface area (Å²) < 4.78 is 0. The monoisotopic (exact) mass is 303 g/mol. The normalized spacial score (nSPS) is 12.7. The van der Waals surface area contributed by atoms with E-state index >= 15 is 0 Å². The van der Waals surface area contributed by atoms with Gasteiger partial charge in [0.25, 0.3) is 0 Å². The quantitative estimate of drug-likeness (QED) is 0.727. The molecule has 0 aliphatic carbocycles. The van der Waals surface area contributed by atoms with Gasteiger partial charge in [0.15, 0.2) is 0 Å². The third-order valence-electron chi connectivity index (χ3n) is 3.23. The maximum absolute atomic E-state index is 12.1. The van der Waals surface area contributed by atoms with Gasteiger partial charge in [-0.1, -0.05) is 0 Å². The van der Waals surface area contributed by atoms with E-state index in [9.17, 15) is 4.79 Å². The molecular weight excluding hydrogens is 282 g/mol. The van der Waals surface area contributed by atoms with Gasteiger partial charge in [-0.2, -0.15) is 0 Å². The summed E-state index contributed by atoms with van der Waals surface area (Å²) in [7, 11) is 1.95. The Balaban J connectivity index is 2.61. The van der Waals surface area contributed by atoms with E-state index in [4.69, 9.17) is 11.6 Å². The van der Waals surface area contributed by atoms with Gasteiger partial charge in [0, 0.05) is 18.5 Å². The lowest BCUT2D eigenvalue weighted by atomic mass is 10.3. The second-order valence-corrected chi connectivity index (χ2v) is 5.62. The van der Waals surface area contributed by atoms with Crippen LogP contribution in [0, 0.1) is 0 Å². The second-order valence-electron chi connectivity index (χ2n) is 4.47. The molecule has 0 bridgehead atoms. The van der Waals surface area contributed by atoms with E-state index in [1.54, 1.807) is 11.3 Å². The van der Waals surface area contributed by atoms with E-state index in [0.717, 1.165) is 23.8 Å². The Morgan fingerprint density at radius 1 is 1.47 bits per heavy atom. The Morgan fingerprint density at radius 3 is 2.58 bits per heavy atom. The summed E-state index contributed by atoms with van der Waals surface area (Å²) >= 11 is 7.35. The summed E-state index contributed by atoms with van der Waals surface area (Å²) in [6, 6.07) is 0.126. The smallest absolute Gasteiger partial charge is 0.236 e. The lowest BCUT2D eigenvalue weighted by Gasteiger charge is -2.26. The zero-order valence-electron chi connectivity index (χ0n) is 12.0. The first-order chi connectivity index (χ1) is 9.03. The summed E-state index contributed by atoms with van der Waals surface area (Å²) in [5, 5.41) is 2.98. The van der Waals surface area contributed by atoms with Gasteiger partial charge >= 0.3 is 0 Å². The standard InChI is InChI=1S/C13H22ClN3OS/c1-5-17(6-2)12(18)8-16(4)10(3)13-15-11(7-14)9-19-13/h9-10H,5-8H2,1-4H3. The van der Waals surface area contributed by atoms with Gasteiger partial charge < -0.3 is 4.90 Å². The van der Waals surface area contributed by atoms with Crippen LogP contribution in [-0.2, 0) is 10.7 Å². The van der Waals surface area contributed by atoms with Crippen molar-refractivity contribution in [3.8, 4) is 0 Å². The molecule has 19 heavy (non-hydrogen) atoms. The molecule has 1 aromatic heterocycles. The van der Waals surface area contributed by atoms with Crippen LogP contribution in [0.3, 0.4) is 0 Å². The molecule has 0 N–H and O–H groups in total. The molecule has 1 atom stereocenters. The first kappa shape index (κ1) is 16.4. The molecule has 0 saturated carbocycles. The van der Waals surface area contributed by atoms with Gasteiger partial charge in [0.05, 0.1) is 24.2 Å². The van der Waals surface area contributed by atoms with Crippen molar-refractivity contribution in [1.82, 2.24) is 14.8 Å². The lowest BCUT2D eigenvalue weighted by Crippen LogP contribution is -2.39. The predicted octanol–water partition coefficient (Wildman–Crippen LogP) is 2.74. The van der Waals surface area contributed by atoms with Crippen LogP contribution in [0.25, 0.3) is 0 Å². The highest BCUT2D eigenvalue weighted by Crippen LogP contribution is 2.23. The number of carbonyl (C=O) groups excluding carboxylic acids is 1. The molecule has 1 rings (SSSR count). The van der Waals surface area contributed by atoms with Crippen molar-refractivity contribution < 1.29 is 4.79 Å². The van der Waals surface area contributed by atoms with E-state index in [2.05, 4.69) is 11.9 Å². The van der Waals surface area contributed by atoms with E-state index in [1.807, 2.05) is 36.1 Å². The average molecular weight is 304 g/mol. The molecule has 0 aliphatic heterocycles. The molecule has 1 aromatic rings. The van der Waals surface area contributed by atoms with Gasteiger partial charge in [-0.15, -0.1) is 22.9 Å². The predicted molar refractivity (Wildman–Crippen MR) is 80.6 cm³/mol. The van der Waals surface area contributed by atoms with Crippen LogP contribution in [-0.4, -0.2) is 47.4 Å². The number of halogens is 1. The summed E-state index contributed by atoms with van der Waals surface area (Å²) in [6.45, 7) is 7.98. The van der Waals surface area contributed by atoms with Crippen LogP contribution in [0.15, 0.2) is 5.38 Å². The molecule has 0 fully saturated rings. The number of thiazole rings is 1. The maximum Gasteiger partial charge on any atom is 0.236 e. The number of hydrogen-bond acceptors (Lipinski definition) is 4. The third kappa shape index (κ3) is 4.44. The van der Waals surface area contributed by atoms with Crippen LogP contribution in [0.2, 0.25) is 0 Å². The summed E-state index contributed by atoms with van der Waals surface area (Å²) in [5.41, 5.74) is 0.900. The van der Waals surface area contributed by atoms with Crippen LogP contribution in [0.4, 0.5) is 0 Å². The Bertz CT molecular complexity index is 406. The first-order valence-corrected chi connectivity index (χ1v) is 7.93. The number of rotatable bonds is 7. The number of aromatic nitrogens is 1.